The molecule has 3 N–H and O–H groups in total. The Morgan fingerprint density at radius 1 is 1.24 bits per heavy atom. The van der Waals surface area contributed by atoms with Crippen molar-refractivity contribution < 1.29 is 22.8 Å². The number of anilines is 1. The van der Waals surface area contributed by atoms with Crippen LogP contribution in [-0.2, 0) is 12.7 Å². The van der Waals surface area contributed by atoms with Gasteiger partial charge in [-0.2, -0.15) is 33.0 Å². The lowest BCUT2D eigenvalue weighted by atomic mass is 9.97. The summed E-state index contributed by atoms with van der Waals surface area (Å²) in [5.41, 5.74) is 5.72. The molecule has 1 aromatic carbocycles. The van der Waals surface area contributed by atoms with E-state index in [0.29, 0.717) is 10.4 Å². The Kier molecular flexibility index (Phi) is 6.60. The van der Waals surface area contributed by atoms with Crippen LogP contribution in [0.3, 0.4) is 0 Å². The minimum Gasteiger partial charge on any atom is -0.366 e. The van der Waals surface area contributed by atoms with E-state index >= 15 is 0 Å². The van der Waals surface area contributed by atoms with Gasteiger partial charge < -0.3 is 11.1 Å². The summed E-state index contributed by atoms with van der Waals surface area (Å²) in [4.78, 5) is 30.1. The molecule has 0 aliphatic heterocycles. The second kappa shape index (κ2) is 9.66. The number of halogens is 4. The second-order valence-corrected chi connectivity index (χ2v) is 7.94. The van der Waals surface area contributed by atoms with Gasteiger partial charge in [0.1, 0.15) is 12.4 Å². The normalized spacial score (nSPS) is 11.2. The molecule has 0 saturated carbocycles. The number of hydrogen-bond donors (Lipinski definition) is 2. The number of aryl methyl sites for hydroxylation is 1. The third-order valence-corrected chi connectivity index (χ3v) is 5.20. The van der Waals surface area contributed by atoms with Gasteiger partial charge in [-0.1, -0.05) is 11.6 Å². The summed E-state index contributed by atoms with van der Waals surface area (Å²) >= 11 is 6.24. The van der Waals surface area contributed by atoms with E-state index in [4.69, 9.17) is 17.3 Å². The molecule has 0 saturated heterocycles. The van der Waals surface area contributed by atoms with Crippen molar-refractivity contribution >= 4 is 29.2 Å². The molecular formula is C21H14ClF3N10O2. The molecule has 0 spiro atoms. The highest BCUT2D eigenvalue weighted by Gasteiger charge is 2.36. The molecule has 4 rings (SSSR count). The number of aromatic nitrogens is 7. The summed E-state index contributed by atoms with van der Waals surface area (Å²) in [5, 5.41) is 25.8. The van der Waals surface area contributed by atoms with Gasteiger partial charge in [0, 0.05) is 12.3 Å². The number of pyridine rings is 1. The molecule has 3 heterocycles. The number of rotatable bonds is 6. The smallest absolute Gasteiger partial charge is 0.366 e. The molecule has 0 atom stereocenters. The van der Waals surface area contributed by atoms with Crippen LogP contribution >= 0.6 is 11.6 Å². The first-order valence-corrected chi connectivity index (χ1v) is 10.6. The Labute approximate surface area is 210 Å². The number of carbonyl (C=O) groups is 2. The summed E-state index contributed by atoms with van der Waals surface area (Å²) < 4.78 is 39.6. The minimum absolute atomic E-state index is 0.0101. The first-order valence-electron chi connectivity index (χ1n) is 10.2. The first-order chi connectivity index (χ1) is 17.5. The molecule has 0 aliphatic carbocycles. The lowest BCUT2D eigenvalue weighted by Gasteiger charge is -2.13. The maximum atomic E-state index is 13.2. The van der Waals surface area contributed by atoms with Crippen molar-refractivity contribution in [1.82, 2.24) is 35.0 Å². The van der Waals surface area contributed by atoms with Gasteiger partial charge in [-0.3, -0.25) is 9.59 Å². The van der Waals surface area contributed by atoms with Gasteiger partial charge >= 0.3 is 6.18 Å². The van der Waals surface area contributed by atoms with Crippen molar-refractivity contribution in [3.05, 3.63) is 75.3 Å². The number of nitrogens with zero attached hydrogens (tertiary/aromatic N) is 8. The van der Waals surface area contributed by atoms with Gasteiger partial charge in [0.25, 0.3) is 11.7 Å². The predicted octanol–water partition coefficient (Wildman–Crippen LogP) is 2.51. The van der Waals surface area contributed by atoms with E-state index in [9.17, 15) is 28.0 Å². The molecule has 3 aromatic heterocycles. The van der Waals surface area contributed by atoms with E-state index in [-0.39, 0.29) is 45.6 Å². The standard InChI is InChI=1S/C21H14ClF3N10O2/c1-10-5-11(8-26)6-13(17(27)36)16(10)19(37)29-15-7-12(9-34-32-20(30-33-34)21(23,24)25)31-35(15)18-14(22)3-2-4-28-18/h2-7H,9H2,1H3,(H2,27,36)(H,29,37). The zero-order valence-electron chi connectivity index (χ0n) is 18.7. The minimum atomic E-state index is -4.78. The molecule has 0 bridgehead atoms. The first kappa shape index (κ1) is 25.3. The van der Waals surface area contributed by atoms with Crippen LogP contribution in [0.25, 0.3) is 5.82 Å². The monoisotopic (exact) mass is 530 g/mol. The molecule has 0 radical (unpaired) electrons. The van der Waals surface area contributed by atoms with Crippen molar-refractivity contribution in [1.29, 1.82) is 5.26 Å². The summed E-state index contributed by atoms with van der Waals surface area (Å²) in [5.74, 6) is -3.02. The lowest BCUT2D eigenvalue weighted by molar-refractivity contribution is -0.145. The molecule has 16 heteroatoms. The van der Waals surface area contributed by atoms with E-state index in [1.807, 2.05) is 6.07 Å². The number of alkyl halides is 3. The van der Waals surface area contributed by atoms with Crippen LogP contribution < -0.4 is 11.1 Å². The molecule has 0 unspecified atom stereocenters. The maximum Gasteiger partial charge on any atom is 0.455 e. The number of carbonyl (C=O) groups excluding carboxylic acids is 2. The Morgan fingerprint density at radius 3 is 2.62 bits per heavy atom. The van der Waals surface area contributed by atoms with E-state index < -0.39 is 23.8 Å². The van der Waals surface area contributed by atoms with Crippen LogP contribution in [0.15, 0.2) is 36.5 Å². The summed E-state index contributed by atoms with van der Waals surface area (Å²) in [7, 11) is 0. The van der Waals surface area contributed by atoms with Crippen molar-refractivity contribution in [2.75, 3.05) is 5.32 Å². The number of tetrazole rings is 1. The molecule has 2 amide bonds. The third-order valence-electron chi connectivity index (χ3n) is 4.91. The number of nitriles is 1. The number of nitrogens with two attached hydrogens (primary N) is 1. The van der Waals surface area contributed by atoms with E-state index in [1.54, 1.807) is 6.07 Å². The maximum absolute atomic E-state index is 13.2. The molecule has 37 heavy (non-hydrogen) atoms. The molecule has 12 nitrogen and oxygen atoms in total. The van der Waals surface area contributed by atoms with Gasteiger partial charge in [0.2, 0.25) is 5.91 Å². The predicted molar refractivity (Wildman–Crippen MR) is 121 cm³/mol. The van der Waals surface area contributed by atoms with E-state index in [1.165, 1.54) is 37.4 Å². The van der Waals surface area contributed by atoms with Gasteiger partial charge in [0.05, 0.1) is 33.5 Å². The average Bonchev–Trinajstić information content (AvgIpc) is 3.46. The highest BCUT2D eigenvalue weighted by atomic mass is 35.5. The zero-order chi connectivity index (χ0) is 26.9. The fourth-order valence-electron chi connectivity index (χ4n) is 3.39. The van der Waals surface area contributed by atoms with E-state index in [0.717, 1.165) is 4.68 Å². The molecule has 0 fully saturated rings. The highest BCUT2D eigenvalue weighted by Crippen LogP contribution is 2.26. The summed E-state index contributed by atoms with van der Waals surface area (Å²) in [6.07, 6.45) is -3.37. The van der Waals surface area contributed by atoms with Crippen molar-refractivity contribution in [2.24, 2.45) is 5.73 Å². The van der Waals surface area contributed by atoms with Crippen molar-refractivity contribution in [3.8, 4) is 11.9 Å². The Bertz CT molecular complexity index is 1570. The largest absolute Gasteiger partial charge is 0.455 e. The van der Waals surface area contributed by atoms with Crippen LogP contribution in [0.1, 0.15) is 43.4 Å². The fraction of sp³-hybridized carbons (Fsp3) is 0.143. The SMILES string of the molecule is Cc1cc(C#N)cc(C(N)=O)c1C(=O)Nc1cc(Cn2nnc(C(F)(F)F)n2)nn1-c1ncccc1Cl. The van der Waals surface area contributed by atoms with Gasteiger partial charge in [0.15, 0.2) is 5.82 Å². The van der Waals surface area contributed by atoms with Crippen LogP contribution in [0, 0.1) is 18.3 Å². The summed E-state index contributed by atoms with van der Waals surface area (Å²) in [6.45, 7) is 1.18. The van der Waals surface area contributed by atoms with Gasteiger partial charge in [-0.15, -0.1) is 10.2 Å². The van der Waals surface area contributed by atoms with Crippen LogP contribution in [0.5, 0.6) is 0 Å². The van der Waals surface area contributed by atoms with Crippen LogP contribution in [0.2, 0.25) is 5.02 Å². The Balaban J connectivity index is 1.75. The van der Waals surface area contributed by atoms with E-state index in [2.05, 4.69) is 30.8 Å². The average molecular weight is 531 g/mol. The van der Waals surface area contributed by atoms with Crippen LogP contribution in [-0.4, -0.2) is 46.8 Å². The number of benzene rings is 1. The molecule has 0 aliphatic rings. The number of primary amides is 1. The number of hydrogen-bond acceptors (Lipinski definition) is 8. The zero-order valence-corrected chi connectivity index (χ0v) is 19.4. The summed E-state index contributed by atoms with van der Waals surface area (Å²) in [6, 6.07) is 8.90. The highest BCUT2D eigenvalue weighted by molar-refractivity contribution is 6.32. The van der Waals surface area contributed by atoms with Crippen molar-refractivity contribution in [3.63, 3.8) is 0 Å². The van der Waals surface area contributed by atoms with Crippen molar-refractivity contribution in [2.45, 2.75) is 19.6 Å². The topological polar surface area (TPSA) is 170 Å². The molecule has 188 valence electrons. The fourth-order valence-corrected chi connectivity index (χ4v) is 3.59. The molecule has 4 aromatic rings. The number of nitrogens with one attached hydrogen (secondary N) is 1. The van der Waals surface area contributed by atoms with Gasteiger partial charge in [-0.25, -0.2) is 4.98 Å². The van der Waals surface area contributed by atoms with Crippen LogP contribution in [0.4, 0.5) is 19.0 Å². The third kappa shape index (κ3) is 5.23. The van der Waals surface area contributed by atoms with Gasteiger partial charge in [-0.05, 0) is 42.0 Å². The molecular weight excluding hydrogens is 517 g/mol. The Hall–Kier alpha value is -4.84. The Morgan fingerprint density at radius 2 is 2.00 bits per heavy atom. The lowest BCUT2D eigenvalue weighted by Crippen LogP contribution is -2.23. The second-order valence-electron chi connectivity index (χ2n) is 7.53. The number of amides is 2. The quantitative estimate of drug-likeness (QED) is 0.383.